The zero-order valence-electron chi connectivity index (χ0n) is 9.46. The third-order valence-corrected chi connectivity index (χ3v) is 4.66. The summed E-state index contributed by atoms with van der Waals surface area (Å²) in [6.07, 6.45) is 3.26. The maximum absolute atomic E-state index is 12.2. The van der Waals surface area contributed by atoms with E-state index in [0.717, 1.165) is 12.8 Å². The van der Waals surface area contributed by atoms with Crippen molar-refractivity contribution < 1.29 is 9.59 Å². The molecule has 0 aromatic carbocycles. The van der Waals surface area contributed by atoms with Crippen LogP contribution in [-0.2, 0) is 9.59 Å². The monoisotopic (exact) mass is 207 g/mol. The minimum absolute atomic E-state index is 0.0363. The van der Waals surface area contributed by atoms with E-state index in [4.69, 9.17) is 5.73 Å². The van der Waals surface area contributed by atoms with Gasteiger partial charge in [0.2, 0.25) is 5.91 Å². The highest BCUT2D eigenvalue weighted by atomic mass is 16.1. The lowest BCUT2D eigenvalue weighted by Crippen LogP contribution is -2.32. The van der Waals surface area contributed by atoms with Gasteiger partial charge in [0.15, 0.2) is 5.78 Å². The number of carbonyl (C=O) groups excluding carboxylic acids is 2. The Morgan fingerprint density at radius 2 is 2.07 bits per heavy atom. The second kappa shape index (κ2) is 2.71. The van der Waals surface area contributed by atoms with E-state index < -0.39 is 5.91 Å². The van der Waals surface area contributed by atoms with E-state index in [-0.39, 0.29) is 22.5 Å². The van der Waals surface area contributed by atoms with Gasteiger partial charge >= 0.3 is 0 Å². The summed E-state index contributed by atoms with van der Waals surface area (Å²) < 4.78 is 0. The van der Waals surface area contributed by atoms with Crippen molar-refractivity contribution >= 4 is 11.7 Å². The summed E-state index contributed by atoms with van der Waals surface area (Å²) in [6.45, 7) is 6.24. The van der Waals surface area contributed by atoms with Crippen molar-refractivity contribution in [2.75, 3.05) is 0 Å². The molecule has 1 amide bonds. The molecule has 15 heavy (non-hydrogen) atoms. The molecule has 2 atom stereocenters. The third-order valence-electron chi connectivity index (χ3n) is 4.66. The maximum atomic E-state index is 12.2. The van der Waals surface area contributed by atoms with Crippen LogP contribution in [-0.4, -0.2) is 11.7 Å². The Hall–Kier alpha value is -1.12. The van der Waals surface area contributed by atoms with E-state index in [1.807, 2.05) is 6.92 Å². The van der Waals surface area contributed by atoms with Crippen LogP contribution in [0.4, 0.5) is 0 Å². The zero-order chi connectivity index (χ0) is 11.4. The lowest BCUT2D eigenvalue weighted by Gasteiger charge is -2.31. The van der Waals surface area contributed by atoms with Crippen molar-refractivity contribution in [1.82, 2.24) is 0 Å². The van der Waals surface area contributed by atoms with Crippen LogP contribution in [0.25, 0.3) is 0 Å². The van der Waals surface area contributed by atoms with Gasteiger partial charge < -0.3 is 5.73 Å². The Morgan fingerprint density at radius 3 is 2.47 bits per heavy atom. The summed E-state index contributed by atoms with van der Waals surface area (Å²) in [5.74, 6) is -0.171. The fourth-order valence-electron chi connectivity index (χ4n) is 3.25. The number of hydrogen-bond donors (Lipinski definition) is 1. The number of allylic oxidation sites excluding steroid dienone is 1. The Bertz CT molecular complexity index is 381. The molecule has 2 N–H and O–H groups in total. The largest absolute Gasteiger partial charge is 0.366 e. The summed E-state index contributed by atoms with van der Waals surface area (Å²) >= 11 is 0. The van der Waals surface area contributed by atoms with Gasteiger partial charge in [0, 0.05) is 17.1 Å². The van der Waals surface area contributed by atoms with Crippen LogP contribution >= 0.6 is 0 Å². The predicted octanol–water partition coefficient (Wildman–Crippen LogP) is 1.42. The fraction of sp³-hybridized carbons (Fsp3) is 0.667. The summed E-state index contributed by atoms with van der Waals surface area (Å²) in [7, 11) is 0. The van der Waals surface area contributed by atoms with Gasteiger partial charge in [-0.1, -0.05) is 20.8 Å². The molecule has 3 nitrogen and oxygen atoms in total. The van der Waals surface area contributed by atoms with Gasteiger partial charge in [-0.25, -0.2) is 0 Å². The van der Waals surface area contributed by atoms with Gasteiger partial charge in [0.1, 0.15) is 0 Å². The van der Waals surface area contributed by atoms with E-state index in [1.54, 1.807) is 0 Å². The second-order valence-corrected chi connectivity index (χ2v) is 5.48. The third kappa shape index (κ3) is 1.06. The van der Waals surface area contributed by atoms with Gasteiger partial charge in [-0.15, -0.1) is 0 Å². The second-order valence-electron chi connectivity index (χ2n) is 5.48. The lowest BCUT2D eigenvalue weighted by molar-refractivity contribution is -0.125. The molecule has 0 aromatic rings. The molecule has 0 aromatic heterocycles. The van der Waals surface area contributed by atoms with Crippen LogP contribution < -0.4 is 5.73 Å². The van der Waals surface area contributed by atoms with Crippen molar-refractivity contribution in [3.8, 4) is 0 Å². The molecule has 82 valence electrons. The highest BCUT2D eigenvalue weighted by Gasteiger charge is 2.63. The van der Waals surface area contributed by atoms with Crippen molar-refractivity contribution in [3.63, 3.8) is 0 Å². The number of hydrogen-bond acceptors (Lipinski definition) is 2. The van der Waals surface area contributed by atoms with E-state index in [1.165, 1.54) is 6.08 Å². The Morgan fingerprint density at radius 1 is 1.47 bits per heavy atom. The molecule has 0 saturated heterocycles. The first-order valence-electron chi connectivity index (χ1n) is 5.36. The molecule has 0 aliphatic heterocycles. The van der Waals surface area contributed by atoms with E-state index in [2.05, 4.69) is 13.8 Å². The smallest absolute Gasteiger partial charge is 0.241 e. The average molecular weight is 207 g/mol. The minimum Gasteiger partial charge on any atom is -0.366 e. The first-order chi connectivity index (χ1) is 6.80. The first kappa shape index (κ1) is 10.4. The molecule has 3 heteroatoms. The molecule has 2 rings (SSSR count). The number of ketones is 1. The van der Waals surface area contributed by atoms with E-state index >= 15 is 0 Å². The summed E-state index contributed by atoms with van der Waals surface area (Å²) in [6, 6.07) is 0. The van der Waals surface area contributed by atoms with Crippen molar-refractivity contribution in [1.29, 1.82) is 0 Å². The highest BCUT2D eigenvalue weighted by Crippen LogP contribution is 2.65. The number of primary amides is 1. The number of amides is 1. The molecule has 0 spiro atoms. The molecule has 2 saturated carbocycles. The van der Waals surface area contributed by atoms with Gasteiger partial charge in [-0.2, -0.15) is 0 Å². The number of nitrogens with two attached hydrogens (primary N) is 1. The minimum atomic E-state index is -0.509. The summed E-state index contributed by atoms with van der Waals surface area (Å²) in [4.78, 5) is 23.0. The number of Topliss-reactive ketones (excluding diaryl/α,β-unsaturated/α-hetero) is 1. The molecular weight excluding hydrogens is 190 g/mol. The van der Waals surface area contributed by atoms with Crippen LogP contribution in [0.15, 0.2) is 11.6 Å². The van der Waals surface area contributed by atoms with Crippen LogP contribution in [0.5, 0.6) is 0 Å². The summed E-state index contributed by atoms with van der Waals surface area (Å²) in [5, 5.41) is 0. The molecule has 2 aliphatic rings. The summed E-state index contributed by atoms with van der Waals surface area (Å²) in [5.41, 5.74) is 5.46. The lowest BCUT2D eigenvalue weighted by atomic mass is 9.70. The molecule has 0 heterocycles. The Kier molecular flexibility index (Phi) is 1.88. The molecule has 2 aliphatic carbocycles. The molecule has 2 unspecified atom stereocenters. The Labute approximate surface area is 89.7 Å². The molecule has 2 fully saturated rings. The number of carbonyl (C=O) groups is 2. The topological polar surface area (TPSA) is 60.2 Å². The van der Waals surface area contributed by atoms with Crippen molar-refractivity contribution in [3.05, 3.63) is 11.6 Å². The predicted molar refractivity (Wildman–Crippen MR) is 56.9 cm³/mol. The number of rotatable bonds is 1. The van der Waals surface area contributed by atoms with Gasteiger partial charge in [0.05, 0.1) is 0 Å². The highest BCUT2D eigenvalue weighted by molar-refractivity contribution is 6.08. The molecule has 0 radical (unpaired) electrons. The zero-order valence-corrected chi connectivity index (χ0v) is 9.46. The first-order valence-corrected chi connectivity index (χ1v) is 5.36. The normalized spacial score (nSPS) is 40.1. The van der Waals surface area contributed by atoms with Gasteiger partial charge in [-0.3, -0.25) is 9.59 Å². The van der Waals surface area contributed by atoms with Crippen LogP contribution in [0.2, 0.25) is 0 Å². The molecule has 2 bridgehead atoms. The SMILES string of the molecule is CC12CCC(/C(=C\C(N)=O)C1=O)C2(C)C. The van der Waals surface area contributed by atoms with E-state index in [0.29, 0.717) is 5.57 Å². The fourth-order valence-corrected chi connectivity index (χ4v) is 3.25. The number of fused-ring (bicyclic) bond motifs is 2. The van der Waals surface area contributed by atoms with Gasteiger partial charge in [-0.05, 0) is 24.2 Å². The molecular formula is C12H17NO2. The van der Waals surface area contributed by atoms with Crippen LogP contribution in [0, 0.1) is 16.7 Å². The van der Waals surface area contributed by atoms with Crippen molar-refractivity contribution in [2.45, 2.75) is 33.6 Å². The average Bonchev–Trinajstić information content (AvgIpc) is 2.40. The van der Waals surface area contributed by atoms with Crippen molar-refractivity contribution in [2.24, 2.45) is 22.5 Å². The standard InChI is InChI=1S/C12H17NO2/c1-11(2)8-4-5-12(11,3)10(15)7(8)6-9(13)14/h6,8H,4-5H2,1-3H3,(H2,13,14)/b7-6+. The Balaban J connectivity index is 2.52. The van der Waals surface area contributed by atoms with Gasteiger partial charge in [0.25, 0.3) is 0 Å². The van der Waals surface area contributed by atoms with Crippen LogP contribution in [0.1, 0.15) is 33.6 Å². The van der Waals surface area contributed by atoms with E-state index in [9.17, 15) is 9.59 Å². The maximum Gasteiger partial charge on any atom is 0.241 e. The quantitative estimate of drug-likeness (QED) is 0.661. The van der Waals surface area contributed by atoms with Crippen LogP contribution in [0.3, 0.4) is 0 Å².